The third kappa shape index (κ3) is 7.79. The van der Waals surface area contributed by atoms with E-state index in [9.17, 15) is 9.59 Å². The zero-order chi connectivity index (χ0) is 27.6. The van der Waals surface area contributed by atoms with Gasteiger partial charge in [-0.3, -0.25) is 4.90 Å². The Morgan fingerprint density at radius 3 is 1.79 bits per heavy atom. The predicted molar refractivity (Wildman–Crippen MR) is 156 cm³/mol. The van der Waals surface area contributed by atoms with Gasteiger partial charge in [0, 0.05) is 48.4 Å². The maximum Gasteiger partial charge on any atom is 0.330 e. The molecule has 3 aromatic carbocycles. The largest absolute Gasteiger partial charge is 0.466 e. The van der Waals surface area contributed by atoms with Crippen molar-refractivity contribution in [1.29, 1.82) is 0 Å². The van der Waals surface area contributed by atoms with Gasteiger partial charge in [0.1, 0.15) is 0 Å². The second-order valence-electron chi connectivity index (χ2n) is 9.43. The van der Waals surface area contributed by atoms with Crippen LogP contribution < -0.4 is 0 Å². The van der Waals surface area contributed by atoms with Crippen molar-refractivity contribution in [3.63, 3.8) is 0 Å². The van der Waals surface area contributed by atoms with Crippen LogP contribution in [0, 0.1) is 6.92 Å². The summed E-state index contributed by atoms with van der Waals surface area (Å²) >= 11 is 0. The number of hydrogen-bond acceptors (Lipinski definition) is 5. The molecular formula is C33H34N2O4. The van der Waals surface area contributed by atoms with Crippen molar-refractivity contribution < 1.29 is 19.1 Å². The molecule has 6 nitrogen and oxygen atoms in total. The van der Waals surface area contributed by atoms with E-state index in [2.05, 4.69) is 74.8 Å². The number of methoxy groups -OCH3 is 2. The molecule has 0 radical (unpaired) electrons. The highest BCUT2D eigenvalue weighted by molar-refractivity contribution is 5.87. The van der Waals surface area contributed by atoms with Crippen LogP contribution in [0.1, 0.15) is 33.5 Å². The van der Waals surface area contributed by atoms with Crippen molar-refractivity contribution in [2.75, 3.05) is 20.8 Å². The first-order chi connectivity index (χ1) is 18.9. The lowest BCUT2D eigenvalue weighted by Gasteiger charge is -2.23. The number of H-pyrrole nitrogens is 1. The van der Waals surface area contributed by atoms with Gasteiger partial charge in [0.2, 0.25) is 0 Å². The topological polar surface area (TPSA) is 71.6 Å². The van der Waals surface area contributed by atoms with Gasteiger partial charge in [-0.2, -0.15) is 0 Å². The Morgan fingerprint density at radius 2 is 1.28 bits per heavy atom. The van der Waals surface area contributed by atoms with Crippen LogP contribution in [0.25, 0.3) is 23.1 Å². The normalized spacial score (nSPS) is 11.6. The standard InChI is InChI=1S/C33H34N2O4/c1-24-29(30-6-4-5-7-31(30)34-24)20-21-35(22-27-12-8-25(9-13-27)16-18-32(36)38-2)23-28-14-10-26(11-15-28)17-19-33(37)39-3/h4-19,34H,20-23H2,1-3H3. The van der Waals surface area contributed by atoms with E-state index in [1.165, 1.54) is 59.7 Å². The Kier molecular flexibility index (Phi) is 9.48. The van der Waals surface area contributed by atoms with Gasteiger partial charge in [-0.1, -0.05) is 66.7 Å². The predicted octanol–water partition coefficient (Wildman–Crippen LogP) is 6.09. The molecule has 1 heterocycles. The van der Waals surface area contributed by atoms with Crippen molar-refractivity contribution in [2.24, 2.45) is 0 Å². The van der Waals surface area contributed by atoms with E-state index in [1.807, 2.05) is 24.3 Å². The molecule has 0 fully saturated rings. The number of aryl methyl sites for hydroxylation is 1. The lowest BCUT2D eigenvalue weighted by atomic mass is 10.1. The summed E-state index contributed by atoms with van der Waals surface area (Å²) < 4.78 is 9.35. The Bertz CT molecular complexity index is 1390. The van der Waals surface area contributed by atoms with E-state index in [1.54, 1.807) is 12.2 Å². The van der Waals surface area contributed by atoms with Gasteiger partial charge in [0.25, 0.3) is 0 Å². The average Bonchev–Trinajstić information content (AvgIpc) is 3.29. The van der Waals surface area contributed by atoms with Crippen molar-refractivity contribution in [2.45, 2.75) is 26.4 Å². The zero-order valence-electron chi connectivity index (χ0n) is 22.6. The number of ether oxygens (including phenoxy) is 2. The number of carbonyl (C=O) groups is 2. The highest BCUT2D eigenvalue weighted by Crippen LogP contribution is 2.23. The first-order valence-corrected chi connectivity index (χ1v) is 12.9. The molecule has 0 saturated heterocycles. The molecule has 6 heteroatoms. The number of carbonyl (C=O) groups excluding carboxylic acids is 2. The minimum absolute atomic E-state index is 0.371. The van der Waals surface area contributed by atoms with Gasteiger partial charge in [-0.25, -0.2) is 9.59 Å². The summed E-state index contributed by atoms with van der Waals surface area (Å²) in [5.41, 5.74) is 8.00. The minimum atomic E-state index is -0.371. The molecule has 1 aromatic heterocycles. The lowest BCUT2D eigenvalue weighted by Crippen LogP contribution is -2.25. The van der Waals surface area contributed by atoms with Crippen LogP contribution in [-0.4, -0.2) is 42.6 Å². The third-order valence-corrected chi connectivity index (χ3v) is 6.70. The molecule has 39 heavy (non-hydrogen) atoms. The van der Waals surface area contributed by atoms with Crippen LogP contribution in [0.4, 0.5) is 0 Å². The number of para-hydroxylation sites is 1. The Labute approximate surface area is 229 Å². The first-order valence-electron chi connectivity index (χ1n) is 12.9. The number of hydrogen-bond donors (Lipinski definition) is 1. The quantitative estimate of drug-likeness (QED) is 0.191. The first kappa shape index (κ1) is 27.6. The van der Waals surface area contributed by atoms with Crippen molar-refractivity contribution in [3.05, 3.63) is 118 Å². The summed E-state index contributed by atoms with van der Waals surface area (Å²) in [6.07, 6.45) is 7.28. The molecule has 0 atom stereocenters. The number of nitrogens with zero attached hydrogens (tertiary/aromatic N) is 1. The number of aromatic nitrogens is 1. The molecule has 0 unspecified atom stereocenters. The third-order valence-electron chi connectivity index (χ3n) is 6.70. The number of aromatic amines is 1. The van der Waals surface area contributed by atoms with E-state index in [-0.39, 0.29) is 11.9 Å². The summed E-state index contributed by atoms with van der Waals surface area (Å²) in [6.45, 7) is 4.59. The van der Waals surface area contributed by atoms with Crippen LogP contribution in [0.15, 0.2) is 84.9 Å². The molecule has 4 aromatic rings. The van der Waals surface area contributed by atoms with Gasteiger partial charge >= 0.3 is 11.9 Å². The van der Waals surface area contributed by atoms with E-state index in [0.29, 0.717) is 0 Å². The maximum absolute atomic E-state index is 11.4. The van der Waals surface area contributed by atoms with Gasteiger partial charge < -0.3 is 14.5 Å². The van der Waals surface area contributed by atoms with Crippen LogP contribution in [0.5, 0.6) is 0 Å². The second kappa shape index (κ2) is 13.4. The second-order valence-corrected chi connectivity index (χ2v) is 9.43. The van der Waals surface area contributed by atoms with E-state index >= 15 is 0 Å². The fourth-order valence-corrected chi connectivity index (χ4v) is 4.59. The molecule has 0 aliphatic carbocycles. The maximum atomic E-state index is 11.4. The van der Waals surface area contributed by atoms with Crippen molar-refractivity contribution >= 4 is 35.0 Å². The number of benzene rings is 3. The molecule has 0 spiro atoms. The van der Waals surface area contributed by atoms with Gasteiger partial charge in [0.05, 0.1) is 14.2 Å². The summed E-state index contributed by atoms with van der Waals surface area (Å²) in [5.74, 6) is -0.741. The summed E-state index contributed by atoms with van der Waals surface area (Å²) in [4.78, 5) is 28.8. The molecule has 0 saturated carbocycles. The van der Waals surface area contributed by atoms with Gasteiger partial charge in [0.15, 0.2) is 0 Å². The minimum Gasteiger partial charge on any atom is -0.466 e. The molecule has 0 aliphatic heterocycles. The highest BCUT2D eigenvalue weighted by atomic mass is 16.5. The van der Waals surface area contributed by atoms with E-state index in [4.69, 9.17) is 0 Å². The Balaban J connectivity index is 1.50. The Morgan fingerprint density at radius 1 is 0.769 bits per heavy atom. The van der Waals surface area contributed by atoms with E-state index in [0.717, 1.165) is 37.2 Å². The molecule has 0 amide bonds. The lowest BCUT2D eigenvalue weighted by molar-refractivity contribution is -0.135. The number of esters is 2. The van der Waals surface area contributed by atoms with Crippen LogP contribution >= 0.6 is 0 Å². The fraction of sp³-hybridized carbons (Fsp3) is 0.212. The van der Waals surface area contributed by atoms with Gasteiger partial charge in [-0.05, 0) is 59.4 Å². The molecule has 1 N–H and O–H groups in total. The highest BCUT2D eigenvalue weighted by Gasteiger charge is 2.12. The van der Waals surface area contributed by atoms with Crippen LogP contribution in [-0.2, 0) is 38.6 Å². The van der Waals surface area contributed by atoms with Crippen LogP contribution in [0.3, 0.4) is 0 Å². The number of nitrogens with one attached hydrogen (secondary N) is 1. The summed E-state index contributed by atoms with van der Waals surface area (Å²) in [7, 11) is 2.74. The fourth-order valence-electron chi connectivity index (χ4n) is 4.59. The zero-order valence-corrected chi connectivity index (χ0v) is 22.6. The smallest absolute Gasteiger partial charge is 0.330 e. The van der Waals surface area contributed by atoms with Crippen LogP contribution in [0.2, 0.25) is 0 Å². The molecular weight excluding hydrogens is 488 g/mol. The summed E-state index contributed by atoms with van der Waals surface area (Å²) in [6, 6.07) is 24.9. The van der Waals surface area contributed by atoms with Crippen molar-refractivity contribution in [1.82, 2.24) is 9.88 Å². The molecule has 0 aliphatic rings. The summed E-state index contributed by atoms with van der Waals surface area (Å²) in [5, 5.41) is 1.28. The molecule has 200 valence electrons. The van der Waals surface area contributed by atoms with Crippen molar-refractivity contribution in [3.8, 4) is 0 Å². The monoisotopic (exact) mass is 522 g/mol. The molecule has 4 rings (SSSR count). The Hall–Kier alpha value is -4.42. The number of rotatable bonds is 11. The number of fused-ring (bicyclic) bond motifs is 1. The SMILES string of the molecule is COC(=O)C=Cc1ccc(CN(CCc2c(C)[nH]c3ccccc23)Cc2ccc(C=CC(=O)OC)cc2)cc1. The molecule has 0 bridgehead atoms. The average molecular weight is 523 g/mol. The van der Waals surface area contributed by atoms with E-state index < -0.39 is 0 Å². The van der Waals surface area contributed by atoms with Gasteiger partial charge in [-0.15, -0.1) is 0 Å².